The smallest absolute Gasteiger partial charge is 0.335 e. The molecule has 1 N–H and O–H groups in total. The Morgan fingerprint density at radius 2 is 2.00 bits per heavy atom. The summed E-state index contributed by atoms with van der Waals surface area (Å²) in [7, 11) is 0. The Labute approximate surface area is 118 Å². The van der Waals surface area contributed by atoms with Crippen LogP contribution >= 0.6 is 0 Å². The molecular weight excluding hydrogens is 254 g/mol. The van der Waals surface area contributed by atoms with Gasteiger partial charge in [-0.2, -0.15) is 0 Å². The molecule has 20 heavy (non-hydrogen) atoms. The summed E-state index contributed by atoms with van der Waals surface area (Å²) in [6.45, 7) is 2.40. The maximum atomic E-state index is 11.1. The van der Waals surface area contributed by atoms with Crippen molar-refractivity contribution in [2.45, 2.75) is 26.4 Å². The predicted octanol–water partition coefficient (Wildman–Crippen LogP) is 3.31. The highest BCUT2D eigenvalue weighted by molar-refractivity contribution is 5.88. The first kappa shape index (κ1) is 14.1. The molecule has 0 radical (unpaired) electrons. The van der Waals surface area contributed by atoms with Crippen molar-refractivity contribution in [3.8, 4) is 5.88 Å². The van der Waals surface area contributed by atoms with Gasteiger partial charge in [-0.05, 0) is 18.1 Å². The van der Waals surface area contributed by atoms with Gasteiger partial charge in [-0.1, -0.05) is 43.7 Å². The van der Waals surface area contributed by atoms with Crippen LogP contribution in [0.15, 0.2) is 42.5 Å². The van der Waals surface area contributed by atoms with Gasteiger partial charge in [0.1, 0.15) is 6.61 Å². The summed E-state index contributed by atoms with van der Waals surface area (Å²) in [4.78, 5) is 15.4. The Hall–Kier alpha value is -2.36. The molecule has 0 atom stereocenters. The fraction of sp³-hybridized carbons (Fsp3) is 0.250. The molecule has 0 amide bonds. The van der Waals surface area contributed by atoms with Crippen LogP contribution in [0.3, 0.4) is 0 Å². The highest BCUT2D eigenvalue weighted by Gasteiger charge is 2.09. The van der Waals surface area contributed by atoms with Crippen LogP contribution in [0, 0.1) is 0 Å². The van der Waals surface area contributed by atoms with E-state index in [1.165, 1.54) is 6.07 Å². The van der Waals surface area contributed by atoms with E-state index >= 15 is 0 Å². The number of aryl methyl sites for hydroxylation is 1. The molecule has 0 aliphatic carbocycles. The summed E-state index contributed by atoms with van der Waals surface area (Å²) in [5.74, 6) is -0.605. The van der Waals surface area contributed by atoms with Crippen LogP contribution in [0.4, 0.5) is 0 Å². The minimum atomic E-state index is -0.964. The van der Waals surface area contributed by atoms with E-state index in [1.54, 1.807) is 6.07 Å². The van der Waals surface area contributed by atoms with E-state index in [-0.39, 0.29) is 5.56 Å². The van der Waals surface area contributed by atoms with Crippen LogP contribution in [0.1, 0.15) is 35.0 Å². The normalized spacial score (nSPS) is 10.2. The number of aromatic nitrogens is 1. The zero-order valence-corrected chi connectivity index (χ0v) is 11.4. The van der Waals surface area contributed by atoms with E-state index in [9.17, 15) is 4.79 Å². The summed E-state index contributed by atoms with van der Waals surface area (Å²) in [5, 5.41) is 9.10. The van der Waals surface area contributed by atoms with Crippen molar-refractivity contribution in [1.82, 2.24) is 4.98 Å². The zero-order valence-electron chi connectivity index (χ0n) is 11.4. The average Bonchev–Trinajstić information content (AvgIpc) is 2.46. The second-order valence-electron chi connectivity index (χ2n) is 4.51. The number of benzene rings is 1. The molecule has 0 bridgehead atoms. The van der Waals surface area contributed by atoms with Crippen molar-refractivity contribution in [2.75, 3.05) is 0 Å². The monoisotopic (exact) mass is 271 g/mol. The molecule has 0 spiro atoms. The number of rotatable bonds is 6. The van der Waals surface area contributed by atoms with Crippen molar-refractivity contribution in [3.05, 3.63) is 59.3 Å². The van der Waals surface area contributed by atoms with Gasteiger partial charge in [0.25, 0.3) is 0 Å². The van der Waals surface area contributed by atoms with Gasteiger partial charge < -0.3 is 9.84 Å². The number of hydrogen-bond donors (Lipinski definition) is 1. The molecule has 0 unspecified atom stereocenters. The van der Waals surface area contributed by atoms with Crippen molar-refractivity contribution in [3.63, 3.8) is 0 Å². The van der Waals surface area contributed by atoms with E-state index in [4.69, 9.17) is 9.84 Å². The quantitative estimate of drug-likeness (QED) is 0.875. The Balaban J connectivity index is 2.15. The minimum absolute atomic E-state index is 0.214. The third-order valence-corrected chi connectivity index (χ3v) is 2.84. The highest BCUT2D eigenvalue weighted by atomic mass is 16.5. The number of carboxylic acid groups (broad SMARTS) is 1. The van der Waals surface area contributed by atoms with Crippen LogP contribution in [0.2, 0.25) is 0 Å². The molecule has 0 aliphatic heterocycles. The number of nitrogens with zero attached hydrogens (tertiary/aromatic N) is 1. The first-order valence-electron chi connectivity index (χ1n) is 6.60. The first-order chi connectivity index (χ1) is 9.69. The summed E-state index contributed by atoms with van der Waals surface area (Å²) >= 11 is 0. The van der Waals surface area contributed by atoms with Gasteiger partial charge in [-0.25, -0.2) is 9.78 Å². The summed E-state index contributed by atoms with van der Waals surface area (Å²) in [5.41, 5.74) is 1.98. The Morgan fingerprint density at radius 1 is 1.25 bits per heavy atom. The standard InChI is InChI=1S/C16H17NO3/c1-2-6-14-9-13(16(18)19)10-15(17-14)20-11-12-7-4-3-5-8-12/h3-5,7-10H,2,6,11H2,1H3,(H,18,19). The molecule has 0 saturated heterocycles. The fourth-order valence-corrected chi connectivity index (χ4v) is 1.87. The maximum absolute atomic E-state index is 11.1. The second kappa shape index (κ2) is 6.70. The molecular formula is C16H17NO3. The highest BCUT2D eigenvalue weighted by Crippen LogP contribution is 2.16. The van der Waals surface area contributed by atoms with Crippen LogP contribution in [0.5, 0.6) is 5.88 Å². The number of carbonyl (C=O) groups is 1. The Kier molecular flexibility index (Phi) is 4.71. The molecule has 1 heterocycles. The lowest BCUT2D eigenvalue weighted by molar-refractivity contribution is 0.0696. The lowest BCUT2D eigenvalue weighted by Crippen LogP contribution is -2.04. The van der Waals surface area contributed by atoms with Gasteiger partial charge in [0.15, 0.2) is 0 Å². The molecule has 2 rings (SSSR count). The molecule has 0 fully saturated rings. The van der Waals surface area contributed by atoms with E-state index in [0.717, 1.165) is 24.1 Å². The van der Waals surface area contributed by atoms with Crippen molar-refractivity contribution >= 4 is 5.97 Å². The van der Waals surface area contributed by atoms with Gasteiger partial charge in [0.2, 0.25) is 5.88 Å². The molecule has 1 aromatic carbocycles. The summed E-state index contributed by atoms with van der Waals surface area (Å²) in [6, 6.07) is 12.8. The van der Waals surface area contributed by atoms with Crippen LogP contribution in [-0.4, -0.2) is 16.1 Å². The Bertz CT molecular complexity index is 582. The largest absolute Gasteiger partial charge is 0.478 e. The summed E-state index contributed by atoms with van der Waals surface area (Å²) < 4.78 is 5.60. The molecule has 0 saturated carbocycles. The van der Waals surface area contributed by atoms with Crippen LogP contribution in [-0.2, 0) is 13.0 Å². The van der Waals surface area contributed by atoms with Gasteiger partial charge in [-0.15, -0.1) is 0 Å². The molecule has 2 aromatic rings. The molecule has 1 aromatic heterocycles. The molecule has 0 aliphatic rings. The molecule has 4 heteroatoms. The van der Waals surface area contributed by atoms with Crippen LogP contribution in [0.25, 0.3) is 0 Å². The van der Waals surface area contributed by atoms with Gasteiger partial charge in [-0.3, -0.25) is 0 Å². The number of ether oxygens (including phenoxy) is 1. The van der Waals surface area contributed by atoms with Crippen molar-refractivity contribution in [2.24, 2.45) is 0 Å². The molecule has 4 nitrogen and oxygen atoms in total. The SMILES string of the molecule is CCCc1cc(C(=O)O)cc(OCc2ccccc2)n1. The number of pyridine rings is 1. The number of hydrogen-bond acceptors (Lipinski definition) is 3. The lowest BCUT2D eigenvalue weighted by Gasteiger charge is -2.08. The van der Waals surface area contributed by atoms with E-state index < -0.39 is 5.97 Å². The number of aromatic carboxylic acids is 1. The van der Waals surface area contributed by atoms with E-state index in [2.05, 4.69) is 4.98 Å². The van der Waals surface area contributed by atoms with Crippen LogP contribution < -0.4 is 4.74 Å². The van der Waals surface area contributed by atoms with Gasteiger partial charge >= 0.3 is 5.97 Å². The lowest BCUT2D eigenvalue weighted by atomic mass is 10.1. The predicted molar refractivity (Wildman–Crippen MR) is 76.0 cm³/mol. The molecule has 104 valence electrons. The fourth-order valence-electron chi connectivity index (χ4n) is 1.87. The van der Waals surface area contributed by atoms with Gasteiger partial charge in [0.05, 0.1) is 5.56 Å². The Morgan fingerprint density at radius 3 is 2.65 bits per heavy atom. The maximum Gasteiger partial charge on any atom is 0.335 e. The number of carboxylic acids is 1. The van der Waals surface area contributed by atoms with E-state index in [1.807, 2.05) is 37.3 Å². The van der Waals surface area contributed by atoms with Crippen molar-refractivity contribution < 1.29 is 14.6 Å². The topological polar surface area (TPSA) is 59.4 Å². The minimum Gasteiger partial charge on any atom is -0.478 e. The third-order valence-electron chi connectivity index (χ3n) is 2.84. The third kappa shape index (κ3) is 3.82. The first-order valence-corrected chi connectivity index (χ1v) is 6.60. The second-order valence-corrected chi connectivity index (χ2v) is 4.51. The average molecular weight is 271 g/mol. The van der Waals surface area contributed by atoms with E-state index in [0.29, 0.717) is 12.5 Å². The summed E-state index contributed by atoms with van der Waals surface area (Å²) in [6.07, 6.45) is 1.65. The van der Waals surface area contributed by atoms with Crippen molar-refractivity contribution in [1.29, 1.82) is 0 Å². The zero-order chi connectivity index (χ0) is 14.4. The van der Waals surface area contributed by atoms with Gasteiger partial charge in [0, 0.05) is 11.8 Å².